The monoisotopic (exact) mass is 427 g/mol. The molecular weight excluding hydrogens is 402 g/mol. The normalized spacial score (nSPS) is 21.9. The number of nitrogens with one attached hydrogen (secondary N) is 3. The van der Waals surface area contributed by atoms with Crippen LogP contribution in [0, 0.1) is 0 Å². The molecule has 31 heavy (non-hydrogen) atoms. The molecule has 3 N–H and O–H groups in total. The molecule has 1 aliphatic carbocycles. The van der Waals surface area contributed by atoms with Crippen molar-refractivity contribution in [1.29, 1.82) is 0 Å². The van der Waals surface area contributed by atoms with Crippen molar-refractivity contribution in [3.8, 4) is 0 Å². The van der Waals surface area contributed by atoms with E-state index in [1.165, 1.54) is 0 Å². The number of hydrogen-bond acceptors (Lipinski definition) is 8. The molecule has 1 aliphatic heterocycles. The van der Waals surface area contributed by atoms with Crippen LogP contribution in [0.25, 0.3) is 5.65 Å². The maximum absolute atomic E-state index is 12.0. The van der Waals surface area contributed by atoms with E-state index in [4.69, 9.17) is 14.2 Å². The zero-order chi connectivity index (χ0) is 21.4. The van der Waals surface area contributed by atoms with Crippen LogP contribution in [0.15, 0.2) is 24.5 Å². The summed E-state index contributed by atoms with van der Waals surface area (Å²) in [6.07, 6.45) is 5.22. The van der Waals surface area contributed by atoms with Crippen LogP contribution in [0.1, 0.15) is 43.7 Å². The first-order valence-electron chi connectivity index (χ1n) is 10.3. The number of imidazole rings is 1. The highest BCUT2D eigenvalue weighted by molar-refractivity contribution is 5.69. The van der Waals surface area contributed by atoms with Crippen LogP contribution < -0.4 is 10.6 Å². The van der Waals surface area contributed by atoms with Gasteiger partial charge in [0.05, 0.1) is 24.6 Å². The average Bonchev–Trinajstić information content (AvgIpc) is 3.16. The van der Waals surface area contributed by atoms with Crippen molar-refractivity contribution in [2.75, 3.05) is 19.0 Å². The molecule has 0 aromatic carbocycles. The predicted octanol–water partition coefficient (Wildman–Crippen LogP) is 2.45. The van der Waals surface area contributed by atoms with Crippen LogP contribution in [0.2, 0.25) is 0 Å². The van der Waals surface area contributed by atoms with E-state index in [2.05, 4.69) is 30.8 Å². The van der Waals surface area contributed by atoms with E-state index in [0.717, 1.165) is 29.9 Å². The van der Waals surface area contributed by atoms with E-state index in [0.29, 0.717) is 31.4 Å². The molecule has 1 amide bonds. The number of anilines is 2. The second kappa shape index (κ2) is 7.82. The van der Waals surface area contributed by atoms with Crippen LogP contribution in [0.4, 0.5) is 16.6 Å². The second-order valence-electron chi connectivity index (χ2n) is 8.27. The number of nitrogens with zero attached hydrogens (tertiary/aromatic N) is 4. The number of alkyl carbamates (subject to hydrolysis) is 1. The summed E-state index contributed by atoms with van der Waals surface area (Å²) >= 11 is 0. The van der Waals surface area contributed by atoms with Crippen LogP contribution in [-0.4, -0.2) is 56.0 Å². The Balaban J connectivity index is 1.22. The lowest BCUT2D eigenvalue weighted by Crippen LogP contribution is -2.37. The molecule has 0 bridgehead atoms. The van der Waals surface area contributed by atoms with Gasteiger partial charge in [-0.05, 0) is 25.8 Å². The Morgan fingerprint density at radius 1 is 1.45 bits per heavy atom. The summed E-state index contributed by atoms with van der Waals surface area (Å²) in [7, 11) is 1.63. The van der Waals surface area contributed by atoms with Crippen molar-refractivity contribution in [2.24, 2.45) is 0 Å². The van der Waals surface area contributed by atoms with Crippen molar-refractivity contribution in [3.63, 3.8) is 0 Å². The Kier molecular flexibility index (Phi) is 4.98. The fraction of sp³-hybridized carbons (Fsp3) is 0.500. The molecular formula is C20H25N7O4. The quantitative estimate of drug-likeness (QED) is 0.525. The van der Waals surface area contributed by atoms with Gasteiger partial charge in [0, 0.05) is 37.5 Å². The topological polar surface area (TPSA) is 128 Å². The van der Waals surface area contributed by atoms with E-state index in [9.17, 15) is 4.79 Å². The maximum atomic E-state index is 12.0. The maximum Gasteiger partial charge on any atom is 0.407 e. The van der Waals surface area contributed by atoms with Crippen molar-refractivity contribution in [2.45, 2.75) is 50.5 Å². The van der Waals surface area contributed by atoms with E-state index in [1.807, 2.05) is 29.7 Å². The molecule has 11 heteroatoms. The highest BCUT2D eigenvalue weighted by Gasteiger charge is 2.40. The fourth-order valence-electron chi connectivity index (χ4n) is 3.60. The molecule has 2 fully saturated rings. The minimum absolute atomic E-state index is 0.101. The lowest BCUT2D eigenvalue weighted by atomic mass is 10.1. The third-order valence-electron chi connectivity index (χ3n) is 5.55. The van der Waals surface area contributed by atoms with Gasteiger partial charge >= 0.3 is 6.09 Å². The molecule has 3 aromatic heterocycles. The number of methoxy groups -OCH3 is 1. The van der Waals surface area contributed by atoms with Crippen LogP contribution in [-0.2, 0) is 20.8 Å². The summed E-state index contributed by atoms with van der Waals surface area (Å²) in [6, 6.07) is 3.69. The molecule has 3 aromatic rings. The summed E-state index contributed by atoms with van der Waals surface area (Å²) in [5.74, 6) is 1.19. The van der Waals surface area contributed by atoms with Gasteiger partial charge in [-0.3, -0.25) is 9.50 Å². The summed E-state index contributed by atoms with van der Waals surface area (Å²) in [6.45, 7) is 2.79. The summed E-state index contributed by atoms with van der Waals surface area (Å²) in [5.41, 5.74) is 2.28. The summed E-state index contributed by atoms with van der Waals surface area (Å²) in [4.78, 5) is 20.9. The number of fused-ring (bicyclic) bond motifs is 1. The molecule has 4 heterocycles. The number of H-pyrrole nitrogens is 1. The van der Waals surface area contributed by atoms with Gasteiger partial charge in [-0.2, -0.15) is 5.10 Å². The highest BCUT2D eigenvalue weighted by atomic mass is 16.6. The van der Waals surface area contributed by atoms with Crippen LogP contribution in [0.3, 0.4) is 0 Å². The third-order valence-corrected chi connectivity index (χ3v) is 5.55. The average molecular weight is 427 g/mol. The standard InChI is InChI=1S/C20H25N7O4/c1-20(4-5-20)24-19(28)31-13-7-15(30-11-13)14-8-16(26-25-14)23-18-21-6-3-17-22-12(10-29-2)9-27(17)18/h3,6,8-9,13,15H,4-5,7,10-11H2,1-2H3,(H,24,28)(H2,21,23,25,26)/t13-,15+/m1/s1. The van der Waals surface area contributed by atoms with E-state index < -0.39 is 0 Å². The molecule has 2 atom stereocenters. The number of aromatic nitrogens is 5. The molecule has 1 saturated heterocycles. The van der Waals surface area contributed by atoms with Crippen molar-refractivity contribution < 1.29 is 19.0 Å². The Bertz CT molecular complexity index is 1090. The largest absolute Gasteiger partial charge is 0.444 e. The summed E-state index contributed by atoms with van der Waals surface area (Å²) in [5, 5.41) is 13.4. The van der Waals surface area contributed by atoms with Crippen LogP contribution >= 0.6 is 0 Å². The number of aromatic amines is 1. The number of amides is 1. The molecule has 0 radical (unpaired) electrons. The molecule has 0 unspecified atom stereocenters. The first-order chi connectivity index (χ1) is 15.0. The number of ether oxygens (including phenoxy) is 3. The lowest BCUT2D eigenvalue weighted by molar-refractivity contribution is 0.0675. The van der Waals surface area contributed by atoms with Crippen molar-refractivity contribution in [3.05, 3.63) is 35.9 Å². The minimum atomic E-state index is -0.381. The number of hydrogen-bond donors (Lipinski definition) is 3. The number of rotatable bonds is 7. The van der Waals surface area contributed by atoms with E-state index in [-0.39, 0.29) is 23.8 Å². The number of carbonyl (C=O) groups excluding carboxylic acids is 1. The zero-order valence-electron chi connectivity index (χ0n) is 17.4. The Labute approximate surface area is 178 Å². The smallest absolute Gasteiger partial charge is 0.407 e. The van der Waals surface area contributed by atoms with Crippen LogP contribution in [0.5, 0.6) is 0 Å². The Hall–Kier alpha value is -3.18. The SMILES string of the molecule is COCc1cn2c(Nc3cc([C@@H]4C[C@@H](OC(=O)NC5(C)CC5)CO4)[nH]n3)nccc2n1. The van der Waals surface area contributed by atoms with Gasteiger partial charge < -0.3 is 24.8 Å². The predicted molar refractivity (Wildman–Crippen MR) is 110 cm³/mol. The summed E-state index contributed by atoms with van der Waals surface area (Å²) < 4.78 is 18.3. The Morgan fingerprint density at radius 2 is 2.32 bits per heavy atom. The van der Waals surface area contributed by atoms with Gasteiger partial charge in [0.25, 0.3) is 0 Å². The molecule has 5 rings (SSSR count). The first-order valence-corrected chi connectivity index (χ1v) is 10.3. The second-order valence-corrected chi connectivity index (χ2v) is 8.27. The molecule has 164 valence electrons. The highest BCUT2D eigenvalue weighted by Crippen LogP contribution is 2.35. The molecule has 0 spiro atoms. The van der Waals surface area contributed by atoms with Gasteiger partial charge in [-0.1, -0.05) is 0 Å². The Morgan fingerprint density at radius 3 is 3.13 bits per heavy atom. The van der Waals surface area contributed by atoms with E-state index in [1.54, 1.807) is 13.3 Å². The first kappa shape index (κ1) is 19.8. The van der Waals surface area contributed by atoms with Crippen molar-refractivity contribution >= 4 is 23.5 Å². The fourth-order valence-corrected chi connectivity index (χ4v) is 3.60. The van der Waals surface area contributed by atoms with Crippen molar-refractivity contribution in [1.82, 2.24) is 29.9 Å². The number of carbonyl (C=O) groups is 1. The lowest BCUT2D eigenvalue weighted by Gasteiger charge is -2.15. The van der Waals surface area contributed by atoms with Gasteiger partial charge in [-0.25, -0.2) is 14.8 Å². The van der Waals surface area contributed by atoms with E-state index >= 15 is 0 Å². The molecule has 1 saturated carbocycles. The van der Waals surface area contributed by atoms with Gasteiger partial charge in [-0.15, -0.1) is 0 Å². The minimum Gasteiger partial charge on any atom is -0.444 e. The molecule has 2 aliphatic rings. The van der Waals surface area contributed by atoms with Gasteiger partial charge in [0.2, 0.25) is 5.95 Å². The zero-order valence-corrected chi connectivity index (χ0v) is 17.4. The third kappa shape index (κ3) is 4.32. The van der Waals surface area contributed by atoms with Gasteiger partial charge in [0.1, 0.15) is 17.9 Å². The van der Waals surface area contributed by atoms with Gasteiger partial charge in [0.15, 0.2) is 5.82 Å². The molecule has 11 nitrogen and oxygen atoms in total.